The number of hydrogen-bond acceptors (Lipinski definition) is 0. The molecule has 0 aliphatic heterocycles. The third-order valence-corrected chi connectivity index (χ3v) is 5.87. The van der Waals surface area contributed by atoms with E-state index < -0.39 is 23.7 Å². The quantitative estimate of drug-likeness (QED) is 0.281. The van der Waals surface area contributed by atoms with Crippen LogP contribution in [0, 0.1) is 11.6 Å². The molecule has 0 saturated carbocycles. The number of unbranched alkanes of at least 4 members (excludes halogenated alkanes) is 1. The molecule has 0 bridgehead atoms. The molecule has 0 aromatic heterocycles. The van der Waals surface area contributed by atoms with Crippen LogP contribution in [0.1, 0.15) is 49.4 Å². The summed E-state index contributed by atoms with van der Waals surface area (Å²) in [6.07, 6.45) is 1.18. The van der Waals surface area contributed by atoms with Crippen molar-refractivity contribution >= 4 is 10.8 Å². The summed E-state index contributed by atoms with van der Waals surface area (Å²) in [4.78, 5) is 0. The first-order valence-electron chi connectivity index (χ1n) is 10.7. The van der Waals surface area contributed by atoms with Gasteiger partial charge in [-0.25, -0.2) is 13.2 Å². The van der Waals surface area contributed by atoms with Crippen molar-refractivity contribution in [2.24, 2.45) is 0 Å². The molecule has 3 heteroatoms. The van der Waals surface area contributed by atoms with E-state index in [1.807, 2.05) is 42.5 Å². The summed E-state index contributed by atoms with van der Waals surface area (Å²) in [5, 5.41) is 2.05. The van der Waals surface area contributed by atoms with Gasteiger partial charge in [-0.05, 0) is 58.1 Å². The van der Waals surface area contributed by atoms with Crippen molar-refractivity contribution in [2.45, 2.75) is 38.3 Å². The Bertz CT molecular complexity index is 1180. The molecule has 0 amide bonds. The molecule has 0 spiro atoms. The van der Waals surface area contributed by atoms with Gasteiger partial charge in [0.2, 0.25) is 0 Å². The number of fused-ring (bicyclic) bond motifs is 1. The third-order valence-electron chi connectivity index (χ3n) is 5.87. The van der Waals surface area contributed by atoms with Crippen LogP contribution in [0.2, 0.25) is 0 Å². The standard InChI is InChI=1S/C28H25F3/c1-2-3-11-26(28(31)23-13-12-19-7-4-5-8-20(19)16-23)22-14-15-25(27(30)18-22)21-9-6-10-24(29)17-21/h4-10,12-18,26,28H,2-3,11H2,1H3. The number of hydrogen-bond donors (Lipinski definition) is 0. The molecule has 2 unspecified atom stereocenters. The lowest BCUT2D eigenvalue weighted by molar-refractivity contribution is 0.274. The van der Waals surface area contributed by atoms with Crippen molar-refractivity contribution in [3.63, 3.8) is 0 Å². The van der Waals surface area contributed by atoms with Crippen LogP contribution < -0.4 is 0 Å². The minimum Gasteiger partial charge on any atom is -0.242 e. The van der Waals surface area contributed by atoms with E-state index in [1.165, 1.54) is 18.2 Å². The van der Waals surface area contributed by atoms with Crippen molar-refractivity contribution in [3.05, 3.63) is 108 Å². The van der Waals surface area contributed by atoms with Crippen LogP contribution in [0.5, 0.6) is 0 Å². The molecule has 0 heterocycles. The van der Waals surface area contributed by atoms with Gasteiger partial charge < -0.3 is 0 Å². The van der Waals surface area contributed by atoms with Crippen LogP contribution in [0.25, 0.3) is 21.9 Å². The van der Waals surface area contributed by atoms with Gasteiger partial charge in [0, 0.05) is 11.5 Å². The summed E-state index contributed by atoms with van der Waals surface area (Å²) in [7, 11) is 0. The Morgan fingerprint density at radius 2 is 1.52 bits per heavy atom. The summed E-state index contributed by atoms with van der Waals surface area (Å²) in [5.41, 5.74) is 2.03. The molecule has 0 N–H and O–H groups in total. The van der Waals surface area contributed by atoms with E-state index in [9.17, 15) is 8.78 Å². The number of rotatable bonds is 7. The molecule has 158 valence electrons. The van der Waals surface area contributed by atoms with Crippen LogP contribution in [-0.4, -0.2) is 0 Å². The van der Waals surface area contributed by atoms with Crippen molar-refractivity contribution in [1.82, 2.24) is 0 Å². The average Bonchev–Trinajstić information content (AvgIpc) is 2.79. The largest absolute Gasteiger partial charge is 0.242 e. The van der Waals surface area contributed by atoms with Crippen LogP contribution in [0.15, 0.2) is 84.9 Å². The fraction of sp³-hybridized carbons (Fsp3) is 0.214. The molecule has 0 saturated heterocycles. The van der Waals surface area contributed by atoms with E-state index in [1.54, 1.807) is 24.3 Å². The maximum atomic E-state index is 15.8. The van der Waals surface area contributed by atoms with Crippen LogP contribution in [0.3, 0.4) is 0 Å². The van der Waals surface area contributed by atoms with Crippen molar-refractivity contribution < 1.29 is 13.2 Å². The molecule has 0 nitrogen and oxygen atoms in total. The SMILES string of the molecule is CCCCC(c1ccc(-c2cccc(F)c2)c(F)c1)C(F)c1ccc2ccccc2c1. The minimum absolute atomic E-state index is 0.318. The van der Waals surface area contributed by atoms with Gasteiger partial charge in [0.1, 0.15) is 17.8 Å². The lowest BCUT2D eigenvalue weighted by Crippen LogP contribution is -2.08. The monoisotopic (exact) mass is 418 g/mol. The van der Waals surface area contributed by atoms with E-state index in [2.05, 4.69) is 6.92 Å². The van der Waals surface area contributed by atoms with Crippen molar-refractivity contribution in [3.8, 4) is 11.1 Å². The molecule has 4 rings (SSSR count). The Morgan fingerprint density at radius 3 is 2.26 bits per heavy atom. The maximum absolute atomic E-state index is 15.8. The first-order valence-corrected chi connectivity index (χ1v) is 10.7. The lowest BCUT2D eigenvalue weighted by Gasteiger charge is -2.23. The highest BCUT2D eigenvalue weighted by atomic mass is 19.1. The molecule has 4 aromatic rings. The summed E-state index contributed by atoms with van der Waals surface area (Å²) in [6, 6.07) is 24.2. The van der Waals surface area contributed by atoms with Gasteiger partial charge in [0.05, 0.1) is 0 Å². The Kier molecular flexibility index (Phi) is 6.41. The van der Waals surface area contributed by atoms with Gasteiger partial charge in [0.15, 0.2) is 0 Å². The normalized spacial score (nSPS) is 13.3. The van der Waals surface area contributed by atoms with Crippen molar-refractivity contribution in [2.75, 3.05) is 0 Å². The van der Waals surface area contributed by atoms with Gasteiger partial charge in [-0.15, -0.1) is 0 Å². The van der Waals surface area contributed by atoms with Gasteiger partial charge in [-0.1, -0.05) is 80.4 Å². The lowest BCUT2D eigenvalue weighted by atomic mass is 9.85. The fourth-order valence-electron chi connectivity index (χ4n) is 4.17. The summed E-state index contributed by atoms with van der Waals surface area (Å²) in [6.45, 7) is 2.06. The first-order chi connectivity index (χ1) is 15.1. The number of halogens is 3. The van der Waals surface area contributed by atoms with Gasteiger partial charge in [-0.2, -0.15) is 0 Å². The minimum atomic E-state index is -1.24. The number of benzene rings is 4. The second kappa shape index (κ2) is 9.38. The number of alkyl halides is 1. The van der Waals surface area contributed by atoms with Crippen LogP contribution in [-0.2, 0) is 0 Å². The van der Waals surface area contributed by atoms with Gasteiger partial charge in [0.25, 0.3) is 0 Å². The second-order valence-corrected chi connectivity index (χ2v) is 8.01. The van der Waals surface area contributed by atoms with Gasteiger partial charge >= 0.3 is 0 Å². The highest BCUT2D eigenvalue weighted by Gasteiger charge is 2.25. The highest BCUT2D eigenvalue weighted by Crippen LogP contribution is 2.40. The molecule has 0 aliphatic carbocycles. The fourth-order valence-corrected chi connectivity index (χ4v) is 4.17. The Labute approximate surface area is 181 Å². The smallest absolute Gasteiger partial charge is 0.132 e. The molecule has 0 radical (unpaired) electrons. The van der Waals surface area contributed by atoms with Gasteiger partial charge in [-0.3, -0.25) is 0 Å². The van der Waals surface area contributed by atoms with Crippen molar-refractivity contribution in [1.29, 1.82) is 0 Å². The maximum Gasteiger partial charge on any atom is 0.132 e. The average molecular weight is 419 g/mol. The zero-order chi connectivity index (χ0) is 21.8. The summed E-state index contributed by atoms with van der Waals surface area (Å²) >= 11 is 0. The van der Waals surface area contributed by atoms with Crippen LogP contribution >= 0.6 is 0 Å². The second-order valence-electron chi connectivity index (χ2n) is 8.01. The molecule has 2 atom stereocenters. The predicted octanol–water partition coefficient (Wildman–Crippen LogP) is 8.77. The highest BCUT2D eigenvalue weighted by molar-refractivity contribution is 5.83. The van der Waals surface area contributed by atoms with E-state index in [4.69, 9.17) is 0 Å². The molecule has 4 aromatic carbocycles. The van der Waals surface area contributed by atoms with E-state index in [-0.39, 0.29) is 0 Å². The molecule has 31 heavy (non-hydrogen) atoms. The molecule has 0 aliphatic rings. The third kappa shape index (κ3) is 4.66. The van der Waals surface area contributed by atoms with Crippen LogP contribution in [0.4, 0.5) is 13.2 Å². The Morgan fingerprint density at radius 1 is 0.742 bits per heavy atom. The topological polar surface area (TPSA) is 0 Å². The molecular formula is C28H25F3. The molecule has 0 fully saturated rings. The summed E-state index contributed by atoms with van der Waals surface area (Å²) < 4.78 is 44.3. The molecular weight excluding hydrogens is 393 g/mol. The Balaban J connectivity index is 1.68. The Hall–Kier alpha value is -3.07. The van der Waals surface area contributed by atoms with E-state index >= 15 is 4.39 Å². The zero-order valence-electron chi connectivity index (χ0n) is 17.5. The summed E-state index contributed by atoms with van der Waals surface area (Å²) in [5.74, 6) is -1.32. The predicted molar refractivity (Wildman–Crippen MR) is 122 cm³/mol. The van der Waals surface area contributed by atoms with E-state index in [0.29, 0.717) is 28.7 Å². The first kappa shape index (κ1) is 21.2. The van der Waals surface area contributed by atoms with E-state index in [0.717, 1.165) is 23.6 Å². The zero-order valence-corrected chi connectivity index (χ0v) is 17.5.